The van der Waals surface area contributed by atoms with Crippen molar-refractivity contribution in [2.45, 2.75) is 19.2 Å². The number of ether oxygens (including phenoxy) is 2. The van der Waals surface area contributed by atoms with E-state index in [1.807, 2.05) is 0 Å². The number of nitrogens with one attached hydrogen (secondary N) is 1. The molecule has 1 atom stereocenters. The maximum atomic E-state index is 11.9. The zero-order valence-electron chi connectivity index (χ0n) is 11.5. The van der Waals surface area contributed by atoms with Crippen LogP contribution in [0.5, 0.6) is 11.5 Å². The van der Waals surface area contributed by atoms with Gasteiger partial charge in [-0.3, -0.25) is 4.79 Å². The summed E-state index contributed by atoms with van der Waals surface area (Å²) in [5.74, 6) is -0.421. The Morgan fingerprint density at radius 2 is 2.05 bits per heavy atom. The summed E-state index contributed by atoms with van der Waals surface area (Å²) in [6, 6.07) is 4.56. The zero-order chi connectivity index (χ0) is 16.0. The summed E-state index contributed by atoms with van der Waals surface area (Å²) in [6.45, 7) is -0.409. The second-order valence-corrected chi connectivity index (χ2v) is 4.27. The van der Waals surface area contributed by atoms with Crippen molar-refractivity contribution in [1.82, 2.24) is 5.32 Å². The van der Waals surface area contributed by atoms with Gasteiger partial charge >= 0.3 is 6.18 Å². The Morgan fingerprint density at radius 3 is 2.57 bits per heavy atom. The SMILES string of the molecule is COc1cc([C@H](C)O)ccc1OCC(=O)NCC(F)(F)F. The molecule has 8 heteroatoms. The molecule has 0 saturated heterocycles. The van der Waals surface area contributed by atoms with Gasteiger partial charge in [0.25, 0.3) is 5.91 Å². The minimum Gasteiger partial charge on any atom is -0.493 e. The molecule has 1 rings (SSSR count). The molecule has 0 fully saturated rings. The molecule has 21 heavy (non-hydrogen) atoms. The first-order valence-corrected chi connectivity index (χ1v) is 6.05. The van der Waals surface area contributed by atoms with Crippen molar-refractivity contribution < 1.29 is 32.5 Å². The predicted octanol–water partition coefficient (Wildman–Crippen LogP) is 1.81. The summed E-state index contributed by atoms with van der Waals surface area (Å²) in [5.41, 5.74) is 0.584. The van der Waals surface area contributed by atoms with Crippen LogP contribution in [-0.2, 0) is 4.79 Å². The van der Waals surface area contributed by atoms with E-state index in [1.54, 1.807) is 18.3 Å². The molecule has 0 aromatic heterocycles. The molecule has 1 aromatic carbocycles. The molecule has 0 aliphatic carbocycles. The molecular weight excluding hydrogens is 291 g/mol. The number of hydrogen-bond donors (Lipinski definition) is 2. The molecule has 0 heterocycles. The summed E-state index contributed by atoms with van der Waals surface area (Å²) in [6.07, 6.45) is -5.17. The Hall–Kier alpha value is -1.96. The lowest BCUT2D eigenvalue weighted by atomic mass is 10.1. The van der Waals surface area contributed by atoms with E-state index in [0.717, 1.165) is 0 Å². The predicted molar refractivity (Wildman–Crippen MR) is 68.2 cm³/mol. The average Bonchev–Trinajstić information content (AvgIpc) is 2.41. The highest BCUT2D eigenvalue weighted by molar-refractivity contribution is 5.77. The van der Waals surface area contributed by atoms with E-state index in [4.69, 9.17) is 9.47 Å². The van der Waals surface area contributed by atoms with E-state index in [9.17, 15) is 23.1 Å². The van der Waals surface area contributed by atoms with Gasteiger partial charge in [0, 0.05) is 0 Å². The van der Waals surface area contributed by atoms with Gasteiger partial charge in [0.15, 0.2) is 18.1 Å². The first-order chi connectivity index (χ1) is 9.73. The Labute approximate surface area is 119 Å². The lowest BCUT2D eigenvalue weighted by Gasteiger charge is -2.13. The maximum absolute atomic E-state index is 11.9. The van der Waals surface area contributed by atoms with Gasteiger partial charge in [-0.15, -0.1) is 0 Å². The number of carbonyl (C=O) groups excluding carboxylic acids is 1. The second kappa shape index (κ2) is 7.16. The van der Waals surface area contributed by atoms with Gasteiger partial charge in [0.1, 0.15) is 6.54 Å². The smallest absolute Gasteiger partial charge is 0.405 e. The molecule has 0 unspecified atom stereocenters. The number of alkyl halides is 3. The van der Waals surface area contributed by atoms with Crippen LogP contribution in [0.3, 0.4) is 0 Å². The van der Waals surface area contributed by atoms with E-state index < -0.39 is 31.3 Å². The Morgan fingerprint density at radius 1 is 1.38 bits per heavy atom. The third kappa shape index (κ3) is 5.90. The van der Waals surface area contributed by atoms with Crippen molar-refractivity contribution in [1.29, 1.82) is 0 Å². The summed E-state index contributed by atoms with van der Waals surface area (Å²) in [7, 11) is 1.37. The highest BCUT2D eigenvalue weighted by Crippen LogP contribution is 2.30. The lowest BCUT2D eigenvalue weighted by molar-refractivity contribution is -0.139. The Balaban J connectivity index is 2.61. The van der Waals surface area contributed by atoms with Crippen LogP contribution in [0.4, 0.5) is 13.2 Å². The Kier molecular flexibility index (Phi) is 5.83. The monoisotopic (exact) mass is 307 g/mol. The standard InChI is InChI=1S/C13H16F3NO4/c1-8(18)9-3-4-10(11(5-9)20-2)21-6-12(19)17-7-13(14,15)16/h3-5,8,18H,6-7H2,1-2H3,(H,17,19)/t8-/m0/s1. The number of benzene rings is 1. The molecule has 0 saturated carbocycles. The number of aliphatic hydroxyl groups is 1. The molecule has 1 aromatic rings. The van der Waals surface area contributed by atoms with Crippen LogP contribution in [0.2, 0.25) is 0 Å². The van der Waals surface area contributed by atoms with Crippen molar-refractivity contribution in [2.24, 2.45) is 0 Å². The van der Waals surface area contributed by atoms with Crippen molar-refractivity contribution in [3.05, 3.63) is 23.8 Å². The third-order valence-electron chi connectivity index (χ3n) is 2.51. The Bertz CT molecular complexity index is 489. The first kappa shape index (κ1) is 17.1. The van der Waals surface area contributed by atoms with Crippen LogP contribution in [-0.4, -0.2) is 37.5 Å². The summed E-state index contributed by atoms with van der Waals surface area (Å²) in [5, 5.41) is 11.1. The van der Waals surface area contributed by atoms with Gasteiger partial charge < -0.3 is 19.9 Å². The minimum absolute atomic E-state index is 0.198. The third-order valence-corrected chi connectivity index (χ3v) is 2.51. The maximum Gasteiger partial charge on any atom is 0.405 e. The molecule has 118 valence electrons. The fourth-order valence-electron chi connectivity index (χ4n) is 1.46. The van der Waals surface area contributed by atoms with E-state index in [0.29, 0.717) is 5.56 Å². The minimum atomic E-state index is -4.47. The number of amides is 1. The van der Waals surface area contributed by atoms with Crippen LogP contribution >= 0.6 is 0 Å². The van der Waals surface area contributed by atoms with Crippen LogP contribution in [0.1, 0.15) is 18.6 Å². The number of carbonyl (C=O) groups is 1. The lowest BCUT2D eigenvalue weighted by Crippen LogP contribution is -2.36. The molecule has 0 aliphatic heterocycles. The molecule has 0 bridgehead atoms. The van der Waals surface area contributed by atoms with Gasteiger partial charge in [0.05, 0.1) is 13.2 Å². The summed E-state index contributed by atoms with van der Waals surface area (Å²) >= 11 is 0. The van der Waals surface area contributed by atoms with Crippen molar-refractivity contribution >= 4 is 5.91 Å². The number of aliphatic hydroxyl groups excluding tert-OH is 1. The largest absolute Gasteiger partial charge is 0.493 e. The number of methoxy groups -OCH3 is 1. The van der Waals surface area contributed by atoms with Crippen molar-refractivity contribution in [2.75, 3.05) is 20.3 Å². The fourth-order valence-corrected chi connectivity index (χ4v) is 1.46. The van der Waals surface area contributed by atoms with Gasteiger partial charge in [0.2, 0.25) is 0 Å². The highest BCUT2D eigenvalue weighted by Gasteiger charge is 2.27. The van der Waals surface area contributed by atoms with E-state index >= 15 is 0 Å². The van der Waals surface area contributed by atoms with Gasteiger partial charge in [-0.2, -0.15) is 13.2 Å². The quantitative estimate of drug-likeness (QED) is 0.841. The topological polar surface area (TPSA) is 67.8 Å². The van der Waals surface area contributed by atoms with Gasteiger partial charge in [-0.25, -0.2) is 0 Å². The van der Waals surface area contributed by atoms with Gasteiger partial charge in [-0.1, -0.05) is 6.07 Å². The molecule has 5 nitrogen and oxygen atoms in total. The van der Waals surface area contributed by atoms with Crippen LogP contribution in [0.15, 0.2) is 18.2 Å². The molecule has 0 radical (unpaired) electrons. The second-order valence-electron chi connectivity index (χ2n) is 4.27. The number of rotatable bonds is 6. The summed E-state index contributed by atoms with van der Waals surface area (Å²) < 4.78 is 45.9. The van der Waals surface area contributed by atoms with Crippen molar-refractivity contribution in [3.63, 3.8) is 0 Å². The highest BCUT2D eigenvalue weighted by atomic mass is 19.4. The summed E-state index contributed by atoms with van der Waals surface area (Å²) in [4.78, 5) is 11.2. The zero-order valence-corrected chi connectivity index (χ0v) is 11.5. The molecular formula is C13H16F3NO4. The average molecular weight is 307 g/mol. The van der Waals surface area contributed by atoms with E-state index in [1.165, 1.54) is 19.2 Å². The van der Waals surface area contributed by atoms with Crippen molar-refractivity contribution in [3.8, 4) is 11.5 Å². The van der Waals surface area contributed by atoms with E-state index in [-0.39, 0.29) is 11.5 Å². The molecule has 1 amide bonds. The van der Waals surface area contributed by atoms with E-state index in [2.05, 4.69) is 0 Å². The van der Waals surface area contributed by atoms with Crippen LogP contribution in [0.25, 0.3) is 0 Å². The fraction of sp³-hybridized carbons (Fsp3) is 0.462. The normalized spacial score (nSPS) is 12.7. The first-order valence-electron chi connectivity index (χ1n) is 6.05. The molecule has 0 spiro atoms. The molecule has 2 N–H and O–H groups in total. The van der Waals surface area contributed by atoms with Gasteiger partial charge in [-0.05, 0) is 24.6 Å². The molecule has 0 aliphatic rings. The van der Waals surface area contributed by atoms with Crippen LogP contribution in [0, 0.1) is 0 Å². The number of halogens is 3. The van der Waals surface area contributed by atoms with Crippen LogP contribution < -0.4 is 14.8 Å². The number of hydrogen-bond acceptors (Lipinski definition) is 4.